The first-order chi connectivity index (χ1) is 7.90. The Labute approximate surface area is 107 Å². The fourth-order valence-corrected chi connectivity index (χ4v) is 1.36. The van der Waals surface area contributed by atoms with Crippen LogP contribution in [0.5, 0.6) is 0 Å². The number of methoxy groups -OCH3 is 1. The fraction of sp³-hybridized carbons (Fsp3) is 0.0769. The Hall–Kier alpha value is -1.87. The van der Waals surface area contributed by atoms with Crippen molar-refractivity contribution in [1.82, 2.24) is 0 Å². The molecule has 1 aromatic heterocycles. The Balaban J connectivity index is 0.00000144. The predicted molar refractivity (Wildman–Crippen MR) is 62.0 cm³/mol. The van der Waals surface area contributed by atoms with Crippen LogP contribution in [0.4, 0.5) is 0 Å². The molecule has 0 saturated carbocycles. The van der Waals surface area contributed by atoms with Crippen molar-refractivity contribution in [2.45, 2.75) is 0 Å². The summed E-state index contributed by atoms with van der Waals surface area (Å²) in [5.41, 5.74) is 0.960. The molecule has 17 heavy (non-hydrogen) atoms. The van der Waals surface area contributed by atoms with Gasteiger partial charge in [-0.2, -0.15) is 0 Å². The molecule has 0 unspecified atom stereocenters. The van der Waals surface area contributed by atoms with Crippen LogP contribution in [0.15, 0.2) is 66.0 Å². The molecule has 0 aliphatic heterocycles. The third kappa shape index (κ3) is 3.57. The molecule has 1 aromatic carbocycles. The van der Waals surface area contributed by atoms with Crippen LogP contribution in [0.1, 0.15) is 5.56 Å². The molecule has 0 radical (unpaired) electrons. The van der Waals surface area contributed by atoms with Gasteiger partial charge in [0.15, 0.2) is 0 Å². The number of hydrogen-bond donors (Lipinski definition) is 0. The number of aromatic nitrogens is 1. The predicted octanol–water partition coefficient (Wildman–Crippen LogP) is -1.17. The highest BCUT2D eigenvalue weighted by Crippen LogP contribution is 2.00. The number of nitrogens with zero attached hydrogens (tertiary/aromatic N) is 2. The fourth-order valence-electron chi connectivity index (χ4n) is 1.36. The van der Waals surface area contributed by atoms with E-state index in [2.05, 4.69) is 5.10 Å². The van der Waals surface area contributed by atoms with Crippen LogP contribution in [0.3, 0.4) is 0 Å². The van der Waals surface area contributed by atoms with Gasteiger partial charge >= 0.3 is 0 Å². The summed E-state index contributed by atoms with van der Waals surface area (Å²) in [6.45, 7) is 0. The molecule has 0 atom stereocenters. The molecule has 88 valence electrons. The molecule has 3 nitrogen and oxygen atoms in total. The lowest BCUT2D eigenvalue weighted by Gasteiger charge is -2.00. The molecule has 2 aromatic rings. The average Bonchev–Trinajstić information content (AvgIpc) is 2.38. The second-order valence-corrected chi connectivity index (χ2v) is 3.23. The first-order valence-electron chi connectivity index (χ1n) is 5.05. The summed E-state index contributed by atoms with van der Waals surface area (Å²) < 4.78 is 6.98. The van der Waals surface area contributed by atoms with Gasteiger partial charge in [-0.3, -0.25) is 0 Å². The molecule has 0 spiro atoms. The molecule has 0 amide bonds. The number of rotatable bonds is 2. The van der Waals surface area contributed by atoms with Crippen molar-refractivity contribution < 1.29 is 21.8 Å². The van der Waals surface area contributed by atoms with Crippen molar-refractivity contribution in [3.63, 3.8) is 0 Å². The van der Waals surface area contributed by atoms with Gasteiger partial charge in [0.25, 0.3) is 5.90 Å². The maximum absolute atomic E-state index is 5.27. The Morgan fingerprint density at radius 3 is 2.18 bits per heavy atom. The highest BCUT2D eigenvalue weighted by atomic mass is 35.5. The molecule has 0 fully saturated rings. The van der Waals surface area contributed by atoms with E-state index >= 15 is 0 Å². The Bertz CT molecular complexity index is 471. The third-order valence-corrected chi connectivity index (χ3v) is 2.12. The number of halogens is 1. The van der Waals surface area contributed by atoms with Gasteiger partial charge in [0.05, 0.1) is 7.11 Å². The summed E-state index contributed by atoms with van der Waals surface area (Å²) in [5, 5.41) is 4.36. The van der Waals surface area contributed by atoms with Crippen LogP contribution in [0.2, 0.25) is 0 Å². The van der Waals surface area contributed by atoms with Crippen molar-refractivity contribution in [3.8, 4) is 0 Å². The first-order valence-corrected chi connectivity index (χ1v) is 5.05. The number of benzene rings is 1. The van der Waals surface area contributed by atoms with Gasteiger partial charge < -0.3 is 17.1 Å². The third-order valence-electron chi connectivity index (χ3n) is 2.12. The monoisotopic (exact) mass is 248 g/mol. The molecule has 0 N–H and O–H groups in total. The molecule has 0 saturated heterocycles. The summed E-state index contributed by atoms with van der Waals surface area (Å²) in [6.07, 6.45) is 3.73. The van der Waals surface area contributed by atoms with Crippen LogP contribution >= 0.6 is 0 Å². The van der Waals surface area contributed by atoms with Gasteiger partial charge in [0, 0.05) is 22.8 Å². The van der Waals surface area contributed by atoms with Crippen molar-refractivity contribution >= 4 is 5.90 Å². The molecule has 0 bridgehead atoms. The van der Waals surface area contributed by atoms with Crippen molar-refractivity contribution in [2.24, 2.45) is 5.10 Å². The topological polar surface area (TPSA) is 25.5 Å². The van der Waals surface area contributed by atoms with E-state index in [4.69, 9.17) is 4.74 Å². The Kier molecular flexibility index (Phi) is 5.17. The molecule has 1 heterocycles. The average molecular weight is 249 g/mol. The Morgan fingerprint density at radius 2 is 1.59 bits per heavy atom. The van der Waals surface area contributed by atoms with Gasteiger partial charge in [-0.25, -0.2) is 0 Å². The minimum absolute atomic E-state index is 0. The lowest BCUT2D eigenvalue weighted by molar-refractivity contribution is -0.679. The lowest BCUT2D eigenvalue weighted by atomic mass is 10.2. The first kappa shape index (κ1) is 13.2. The number of hydrogen-bond acceptors (Lipinski definition) is 2. The van der Waals surface area contributed by atoms with Crippen LogP contribution in [0.25, 0.3) is 0 Å². The van der Waals surface area contributed by atoms with Crippen LogP contribution < -0.4 is 17.1 Å². The molecule has 2 rings (SSSR count). The zero-order valence-corrected chi connectivity index (χ0v) is 10.2. The smallest absolute Gasteiger partial charge is 0.286 e. The van der Waals surface area contributed by atoms with E-state index in [-0.39, 0.29) is 12.4 Å². The normalized spacial score (nSPS) is 10.5. The minimum atomic E-state index is 0. The van der Waals surface area contributed by atoms with Gasteiger partial charge in [-0.05, 0) is 12.1 Å². The summed E-state index contributed by atoms with van der Waals surface area (Å²) in [4.78, 5) is 0. The second-order valence-electron chi connectivity index (χ2n) is 3.23. The van der Waals surface area contributed by atoms with E-state index in [1.54, 1.807) is 11.8 Å². The van der Waals surface area contributed by atoms with E-state index < -0.39 is 0 Å². The molecule has 0 aliphatic carbocycles. The summed E-state index contributed by atoms with van der Waals surface area (Å²) in [6, 6.07) is 15.6. The lowest BCUT2D eigenvalue weighted by Crippen LogP contribution is -3.00. The Morgan fingerprint density at radius 1 is 1.00 bits per heavy atom. The van der Waals surface area contributed by atoms with Gasteiger partial charge in [-0.15, -0.1) is 0 Å². The van der Waals surface area contributed by atoms with E-state index in [0.717, 1.165) is 5.56 Å². The summed E-state index contributed by atoms with van der Waals surface area (Å²) in [5.74, 6) is 0.594. The number of ether oxygens (including phenoxy) is 1. The molecule has 0 aliphatic rings. The van der Waals surface area contributed by atoms with Crippen molar-refractivity contribution in [1.29, 1.82) is 0 Å². The maximum Gasteiger partial charge on any atom is 0.286 e. The van der Waals surface area contributed by atoms with Crippen LogP contribution in [-0.2, 0) is 4.74 Å². The van der Waals surface area contributed by atoms with Crippen molar-refractivity contribution in [2.75, 3.05) is 7.11 Å². The van der Waals surface area contributed by atoms with E-state index in [0.29, 0.717) is 5.90 Å². The van der Waals surface area contributed by atoms with Crippen LogP contribution in [0, 0.1) is 0 Å². The molecular formula is C13H13ClN2O. The zero-order chi connectivity index (χ0) is 11.2. The number of pyridine rings is 1. The molecular weight excluding hydrogens is 236 g/mol. The summed E-state index contributed by atoms with van der Waals surface area (Å²) >= 11 is 0. The zero-order valence-electron chi connectivity index (χ0n) is 9.45. The van der Waals surface area contributed by atoms with Gasteiger partial charge in [0.1, 0.15) is 0 Å². The SMILES string of the molecule is CO/C(=N/[n+]1ccccc1)c1ccccc1.[Cl-]. The highest BCUT2D eigenvalue weighted by molar-refractivity contribution is 5.93. The van der Waals surface area contributed by atoms with E-state index in [9.17, 15) is 0 Å². The highest BCUT2D eigenvalue weighted by Gasteiger charge is 2.06. The minimum Gasteiger partial charge on any atom is -1.00 e. The second kappa shape index (κ2) is 6.66. The molecule has 4 heteroatoms. The van der Waals surface area contributed by atoms with E-state index in [1.165, 1.54) is 0 Å². The standard InChI is InChI=1S/C13H13N2O.ClH/c1-16-13(12-8-4-2-5-9-12)14-15-10-6-3-7-11-15;/h2-11H,1H3;1H/q+1;/p-1/b14-13+;. The largest absolute Gasteiger partial charge is 1.00 e. The van der Waals surface area contributed by atoms with Crippen LogP contribution in [-0.4, -0.2) is 13.0 Å². The van der Waals surface area contributed by atoms with E-state index in [1.807, 2.05) is 60.9 Å². The van der Waals surface area contributed by atoms with Gasteiger partial charge in [0.2, 0.25) is 12.4 Å². The maximum atomic E-state index is 5.27. The van der Waals surface area contributed by atoms with Crippen molar-refractivity contribution in [3.05, 3.63) is 66.5 Å². The van der Waals surface area contributed by atoms with Gasteiger partial charge in [-0.1, -0.05) is 28.9 Å². The summed E-state index contributed by atoms with van der Waals surface area (Å²) in [7, 11) is 1.62. The quantitative estimate of drug-likeness (QED) is 0.374.